The van der Waals surface area contributed by atoms with E-state index in [1.54, 1.807) is 24.3 Å². The summed E-state index contributed by atoms with van der Waals surface area (Å²) in [6.07, 6.45) is 1.37. The van der Waals surface area contributed by atoms with E-state index in [9.17, 15) is 18.3 Å². The van der Waals surface area contributed by atoms with Crippen molar-refractivity contribution in [3.8, 4) is 5.75 Å². The maximum atomic E-state index is 13.2. The molecular formula is C19H16Cl2N2O5S. The van der Waals surface area contributed by atoms with E-state index in [0.29, 0.717) is 27.1 Å². The van der Waals surface area contributed by atoms with E-state index in [-0.39, 0.29) is 16.6 Å². The van der Waals surface area contributed by atoms with E-state index >= 15 is 0 Å². The number of nitrogens with zero attached hydrogens (tertiary/aromatic N) is 2. The fourth-order valence-corrected chi connectivity index (χ4v) is 4.64. The fourth-order valence-electron chi connectivity index (χ4n) is 2.82. The number of hydrogen-bond acceptors (Lipinski definition) is 5. The van der Waals surface area contributed by atoms with Crippen LogP contribution < -0.4 is 4.74 Å². The summed E-state index contributed by atoms with van der Waals surface area (Å²) in [6, 6.07) is 11.0. The van der Waals surface area contributed by atoms with E-state index in [4.69, 9.17) is 27.9 Å². The number of aromatic nitrogens is 1. The highest BCUT2D eigenvalue weighted by molar-refractivity contribution is 7.89. The third kappa shape index (κ3) is 4.62. The monoisotopic (exact) mass is 454 g/mol. The standard InChI is InChI=1S/C19H16Cl2N2O5S/c1-28-13-4-2-3-12(7-13)10-23(11-18(24)25)29(26,27)14-5-6-15-16(8-14)19(21)22-9-17(15)20/h2-9H,10-11H2,1H3,(H,24,25). The molecule has 2 aromatic carbocycles. The number of carboxylic acids is 1. The molecule has 10 heteroatoms. The van der Waals surface area contributed by atoms with Gasteiger partial charge in [-0.25, -0.2) is 13.4 Å². The average Bonchev–Trinajstić information content (AvgIpc) is 2.70. The van der Waals surface area contributed by atoms with Crippen molar-refractivity contribution in [3.63, 3.8) is 0 Å². The van der Waals surface area contributed by atoms with Gasteiger partial charge in [-0.05, 0) is 29.8 Å². The molecule has 1 heterocycles. The summed E-state index contributed by atoms with van der Waals surface area (Å²) >= 11 is 12.2. The maximum absolute atomic E-state index is 13.2. The summed E-state index contributed by atoms with van der Waals surface area (Å²) in [5, 5.41) is 10.6. The zero-order valence-electron chi connectivity index (χ0n) is 15.2. The zero-order valence-corrected chi connectivity index (χ0v) is 17.5. The minimum absolute atomic E-state index is 0.0963. The molecule has 0 aliphatic rings. The Hall–Kier alpha value is -2.39. The Morgan fingerprint density at radius 1 is 1.17 bits per heavy atom. The number of ether oxygens (including phenoxy) is 1. The number of sulfonamides is 1. The van der Waals surface area contributed by atoms with Crippen LogP contribution in [0.5, 0.6) is 5.75 Å². The predicted molar refractivity (Wildman–Crippen MR) is 110 cm³/mol. The Kier molecular flexibility index (Phi) is 6.28. The molecule has 0 fully saturated rings. The second-order valence-corrected chi connectivity index (χ2v) is 8.83. The first-order valence-electron chi connectivity index (χ1n) is 8.31. The first-order valence-corrected chi connectivity index (χ1v) is 10.5. The smallest absolute Gasteiger partial charge is 0.318 e. The fraction of sp³-hybridized carbons (Fsp3) is 0.158. The van der Waals surface area contributed by atoms with Crippen molar-refractivity contribution in [2.45, 2.75) is 11.4 Å². The lowest BCUT2D eigenvalue weighted by Gasteiger charge is -2.21. The molecule has 0 spiro atoms. The molecule has 0 unspecified atom stereocenters. The second kappa shape index (κ2) is 8.54. The van der Waals surface area contributed by atoms with Crippen LogP contribution in [0.4, 0.5) is 0 Å². The summed E-state index contributed by atoms with van der Waals surface area (Å²) < 4.78 is 32.4. The van der Waals surface area contributed by atoms with Crippen LogP contribution in [0.1, 0.15) is 5.56 Å². The van der Waals surface area contributed by atoms with Gasteiger partial charge in [0, 0.05) is 23.5 Å². The van der Waals surface area contributed by atoms with Crippen LogP contribution in [0.2, 0.25) is 10.2 Å². The van der Waals surface area contributed by atoms with Gasteiger partial charge in [-0.1, -0.05) is 41.4 Å². The molecular weight excluding hydrogens is 439 g/mol. The topological polar surface area (TPSA) is 96.8 Å². The molecule has 0 atom stereocenters. The van der Waals surface area contributed by atoms with Crippen LogP contribution in [0.15, 0.2) is 53.6 Å². The third-order valence-corrected chi connectivity index (χ3v) is 6.59. The van der Waals surface area contributed by atoms with Gasteiger partial charge >= 0.3 is 5.97 Å². The highest BCUT2D eigenvalue weighted by atomic mass is 35.5. The largest absolute Gasteiger partial charge is 0.497 e. The highest BCUT2D eigenvalue weighted by Gasteiger charge is 2.27. The third-order valence-electron chi connectivity index (χ3n) is 4.20. The lowest BCUT2D eigenvalue weighted by molar-refractivity contribution is -0.137. The van der Waals surface area contributed by atoms with Gasteiger partial charge in [0.15, 0.2) is 0 Å². The number of carboxylic acid groups (broad SMARTS) is 1. The number of methoxy groups -OCH3 is 1. The van der Waals surface area contributed by atoms with Crippen LogP contribution in [0.25, 0.3) is 10.8 Å². The maximum Gasteiger partial charge on any atom is 0.318 e. The normalized spacial score (nSPS) is 11.7. The Morgan fingerprint density at radius 2 is 1.93 bits per heavy atom. The van der Waals surface area contributed by atoms with E-state index in [1.807, 2.05) is 0 Å². The van der Waals surface area contributed by atoms with Crippen LogP contribution in [-0.2, 0) is 21.4 Å². The number of hydrogen-bond donors (Lipinski definition) is 1. The average molecular weight is 455 g/mol. The van der Waals surface area contributed by atoms with Gasteiger partial charge in [-0.3, -0.25) is 4.79 Å². The summed E-state index contributed by atoms with van der Waals surface area (Å²) in [7, 11) is -2.66. The lowest BCUT2D eigenvalue weighted by Crippen LogP contribution is -2.35. The van der Waals surface area contributed by atoms with E-state index in [2.05, 4.69) is 4.98 Å². The van der Waals surface area contributed by atoms with Crippen molar-refractivity contribution in [1.82, 2.24) is 9.29 Å². The van der Waals surface area contributed by atoms with Crippen molar-refractivity contribution in [1.29, 1.82) is 0 Å². The van der Waals surface area contributed by atoms with E-state index in [0.717, 1.165) is 4.31 Å². The summed E-state index contributed by atoms with van der Waals surface area (Å²) in [4.78, 5) is 15.1. The number of aliphatic carboxylic acids is 1. The molecule has 0 saturated carbocycles. The number of pyridine rings is 1. The summed E-state index contributed by atoms with van der Waals surface area (Å²) in [5.74, 6) is -0.742. The quantitative estimate of drug-likeness (QED) is 0.544. The molecule has 0 radical (unpaired) electrons. The molecule has 0 saturated heterocycles. The minimum Gasteiger partial charge on any atom is -0.497 e. The van der Waals surface area contributed by atoms with Gasteiger partial charge in [0.2, 0.25) is 10.0 Å². The van der Waals surface area contributed by atoms with Crippen LogP contribution in [-0.4, -0.2) is 42.4 Å². The van der Waals surface area contributed by atoms with Crippen molar-refractivity contribution in [3.05, 3.63) is 64.4 Å². The van der Waals surface area contributed by atoms with E-state index < -0.39 is 22.5 Å². The first kappa shape index (κ1) is 21.3. The number of rotatable bonds is 7. The molecule has 7 nitrogen and oxygen atoms in total. The number of carbonyl (C=O) groups is 1. The molecule has 0 amide bonds. The van der Waals surface area contributed by atoms with E-state index in [1.165, 1.54) is 31.5 Å². The summed E-state index contributed by atoms with van der Waals surface area (Å²) in [6.45, 7) is -0.857. The van der Waals surface area contributed by atoms with Crippen molar-refractivity contribution >= 4 is 50.0 Å². The van der Waals surface area contributed by atoms with Crippen molar-refractivity contribution < 1.29 is 23.1 Å². The van der Waals surface area contributed by atoms with Gasteiger partial charge < -0.3 is 9.84 Å². The van der Waals surface area contributed by atoms with Gasteiger partial charge in [0.1, 0.15) is 17.4 Å². The Balaban J connectivity index is 2.05. The van der Waals surface area contributed by atoms with Gasteiger partial charge in [-0.15, -0.1) is 0 Å². The van der Waals surface area contributed by atoms with Crippen LogP contribution in [0, 0.1) is 0 Å². The Labute approximate surface area is 177 Å². The lowest BCUT2D eigenvalue weighted by atomic mass is 10.2. The highest BCUT2D eigenvalue weighted by Crippen LogP contribution is 2.31. The van der Waals surface area contributed by atoms with Crippen molar-refractivity contribution in [2.24, 2.45) is 0 Å². The van der Waals surface area contributed by atoms with Gasteiger partial charge in [0.25, 0.3) is 0 Å². The molecule has 3 aromatic rings. The molecule has 3 rings (SSSR count). The van der Waals surface area contributed by atoms with Crippen LogP contribution >= 0.6 is 23.2 Å². The molecule has 0 aliphatic heterocycles. The molecule has 152 valence electrons. The number of benzene rings is 2. The van der Waals surface area contributed by atoms with Crippen LogP contribution in [0.3, 0.4) is 0 Å². The van der Waals surface area contributed by atoms with Gasteiger partial charge in [0.05, 0.1) is 17.0 Å². The molecule has 1 N–H and O–H groups in total. The Bertz CT molecular complexity index is 1180. The summed E-state index contributed by atoms with van der Waals surface area (Å²) in [5.41, 5.74) is 0.581. The van der Waals surface area contributed by atoms with Gasteiger partial charge in [-0.2, -0.15) is 4.31 Å². The SMILES string of the molecule is COc1cccc(CN(CC(=O)O)S(=O)(=O)c2ccc3c(Cl)cnc(Cl)c3c2)c1. The predicted octanol–water partition coefficient (Wildman–Crippen LogP) is 3.83. The van der Waals surface area contributed by atoms with Crippen molar-refractivity contribution in [2.75, 3.05) is 13.7 Å². The first-order chi connectivity index (χ1) is 13.7. The molecule has 0 bridgehead atoms. The number of fused-ring (bicyclic) bond motifs is 1. The molecule has 29 heavy (non-hydrogen) atoms. The Morgan fingerprint density at radius 3 is 2.62 bits per heavy atom. The zero-order chi connectivity index (χ0) is 21.2. The minimum atomic E-state index is -4.15. The number of halogens is 2. The second-order valence-electron chi connectivity index (χ2n) is 6.12. The molecule has 1 aromatic heterocycles. The molecule has 0 aliphatic carbocycles.